The van der Waals surface area contributed by atoms with Gasteiger partial charge < -0.3 is 19.4 Å². The minimum absolute atomic E-state index is 0.0262. The number of carbonyl (C=O) groups excluding carboxylic acids is 1. The van der Waals surface area contributed by atoms with Crippen LogP contribution >= 0.6 is 15.9 Å². The number of fused-ring (bicyclic) bond motifs is 3. The molecule has 33 heavy (non-hydrogen) atoms. The molecule has 7 nitrogen and oxygen atoms in total. The highest BCUT2D eigenvalue weighted by atomic mass is 79.9. The first kappa shape index (κ1) is 22.9. The SMILES string of the molecule is CCNC(=O)Oc1cc(F)ccc1OCCCCn1cnc2cnc3cc(F)c(Br)cc3c21. The first-order valence-electron chi connectivity index (χ1n) is 10.4. The number of ether oxygens (including phenoxy) is 2. The molecule has 4 aromatic rings. The predicted octanol–water partition coefficient (Wildman–Crippen LogP) is 5.59. The van der Waals surface area contributed by atoms with Crippen LogP contribution in [-0.2, 0) is 6.54 Å². The van der Waals surface area contributed by atoms with E-state index in [4.69, 9.17) is 9.47 Å². The van der Waals surface area contributed by atoms with Crippen LogP contribution < -0.4 is 14.8 Å². The lowest BCUT2D eigenvalue weighted by Gasteiger charge is -2.12. The zero-order chi connectivity index (χ0) is 23.4. The van der Waals surface area contributed by atoms with Gasteiger partial charge in [-0.1, -0.05) is 0 Å². The minimum Gasteiger partial charge on any atom is -0.490 e. The molecule has 0 unspecified atom stereocenters. The number of halogens is 3. The summed E-state index contributed by atoms with van der Waals surface area (Å²) >= 11 is 3.24. The number of pyridine rings is 1. The Morgan fingerprint density at radius 1 is 1.12 bits per heavy atom. The molecule has 0 fully saturated rings. The Hall–Kier alpha value is -3.27. The van der Waals surface area contributed by atoms with Crippen molar-refractivity contribution in [2.75, 3.05) is 13.2 Å². The van der Waals surface area contributed by atoms with E-state index in [0.29, 0.717) is 41.9 Å². The number of amides is 1. The molecule has 1 amide bonds. The monoisotopic (exact) mass is 518 g/mol. The number of hydrogen-bond acceptors (Lipinski definition) is 5. The fraction of sp³-hybridized carbons (Fsp3) is 0.261. The normalized spacial score (nSPS) is 11.2. The number of rotatable bonds is 8. The number of hydrogen-bond donors (Lipinski definition) is 1. The molecule has 0 bridgehead atoms. The number of carbonyl (C=O) groups is 1. The molecule has 2 aromatic carbocycles. The molecule has 10 heteroatoms. The van der Waals surface area contributed by atoms with Crippen molar-refractivity contribution in [2.24, 2.45) is 0 Å². The summed E-state index contributed by atoms with van der Waals surface area (Å²) in [5.74, 6) is -0.575. The summed E-state index contributed by atoms with van der Waals surface area (Å²) in [5.41, 5.74) is 2.18. The summed E-state index contributed by atoms with van der Waals surface area (Å²) < 4.78 is 40.7. The lowest BCUT2D eigenvalue weighted by atomic mass is 10.2. The molecule has 0 saturated carbocycles. The summed E-state index contributed by atoms with van der Waals surface area (Å²) in [6.45, 7) is 3.16. The summed E-state index contributed by atoms with van der Waals surface area (Å²) in [6.07, 6.45) is 4.16. The Balaban J connectivity index is 1.40. The zero-order valence-corrected chi connectivity index (χ0v) is 19.4. The van der Waals surface area contributed by atoms with Gasteiger partial charge in [-0.25, -0.2) is 18.6 Å². The second-order valence-electron chi connectivity index (χ2n) is 7.28. The predicted molar refractivity (Wildman–Crippen MR) is 124 cm³/mol. The summed E-state index contributed by atoms with van der Waals surface area (Å²) in [6, 6.07) is 6.91. The van der Waals surface area contributed by atoms with Gasteiger partial charge in [0.15, 0.2) is 11.5 Å². The molecule has 0 radical (unpaired) electrons. The van der Waals surface area contributed by atoms with Gasteiger partial charge >= 0.3 is 6.09 Å². The Labute approximate surface area is 196 Å². The molecule has 4 rings (SSSR count). The van der Waals surface area contributed by atoms with Crippen molar-refractivity contribution in [3.63, 3.8) is 0 Å². The van der Waals surface area contributed by atoms with Crippen LogP contribution in [0.5, 0.6) is 11.5 Å². The van der Waals surface area contributed by atoms with Gasteiger partial charge in [0.05, 0.1) is 34.6 Å². The molecule has 1 N–H and O–H groups in total. The number of aromatic nitrogens is 3. The van der Waals surface area contributed by atoms with E-state index < -0.39 is 11.9 Å². The quantitative estimate of drug-likeness (QED) is 0.307. The molecule has 0 spiro atoms. The van der Waals surface area contributed by atoms with E-state index in [0.717, 1.165) is 28.9 Å². The van der Waals surface area contributed by atoms with E-state index in [1.807, 2.05) is 4.57 Å². The molecule has 2 heterocycles. The van der Waals surface area contributed by atoms with Crippen LogP contribution in [-0.4, -0.2) is 33.8 Å². The number of benzene rings is 2. The average Bonchev–Trinajstić information content (AvgIpc) is 3.19. The van der Waals surface area contributed by atoms with E-state index in [1.54, 1.807) is 25.5 Å². The van der Waals surface area contributed by atoms with Crippen LogP contribution in [0.4, 0.5) is 13.6 Å². The third-order valence-corrected chi connectivity index (χ3v) is 5.57. The maximum Gasteiger partial charge on any atom is 0.412 e. The van der Waals surface area contributed by atoms with Gasteiger partial charge in [-0.2, -0.15) is 0 Å². The highest BCUT2D eigenvalue weighted by Gasteiger charge is 2.13. The van der Waals surface area contributed by atoms with E-state index >= 15 is 0 Å². The van der Waals surface area contributed by atoms with Gasteiger partial charge in [0.1, 0.15) is 17.2 Å². The summed E-state index contributed by atoms with van der Waals surface area (Å²) in [5, 5.41) is 3.30. The first-order valence-corrected chi connectivity index (χ1v) is 11.2. The Kier molecular flexibility index (Phi) is 7.02. The van der Waals surface area contributed by atoms with Crippen molar-refractivity contribution in [1.29, 1.82) is 0 Å². The molecule has 0 aliphatic rings. The zero-order valence-electron chi connectivity index (χ0n) is 17.8. The standard InChI is InChI=1S/C23H21BrF2N4O3/c1-2-27-23(31)33-21-9-14(25)5-6-20(21)32-8-4-3-7-30-13-29-19-12-28-18-11-17(26)16(24)10-15(18)22(19)30/h5-6,9-13H,2-4,7-8H2,1H3,(H,27,31). The van der Waals surface area contributed by atoms with Gasteiger partial charge in [-0.3, -0.25) is 4.98 Å². The van der Waals surface area contributed by atoms with Crippen molar-refractivity contribution >= 4 is 44.0 Å². The second kappa shape index (κ2) is 10.1. The van der Waals surface area contributed by atoms with Crippen molar-refractivity contribution in [2.45, 2.75) is 26.3 Å². The highest BCUT2D eigenvalue weighted by Crippen LogP contribution is 2.29. The Bertz CT molecular complexity index is 1310. The largest absolute Gasteiger partial charge is 0.490 e. The van der Waals surface area contributed by atoms with Gasteiger partial charge in [0.2, 0.25) is 0 Å². The van der Waals surface area contributed by atoms with E-state index in [9.17, 15) is 13.6 Å². The molecule has 0 saturated heterocycles. The molecule has 0 atom stereocenters. The van der Waals surface area contributed by atoms with Crippen LogP contribution in [0.1, 0.15) is 19.8 Å². The van der Waals surface area contributed by atoms with Crippen LogP contribution in [0.2, 0.25) is 0 Å². The van der Waals surface area contributed by atoms with Gasteiger partial charge in [-0.05, 0) is 53.9 Å². The smallest absolute Gasteiger partial charge is 0.412 e. The van der Waals surface area contributed by atoms with E-state index in [2.05, 4.69) is 31.2 Å². The number of aryl methyl sites for hydroxylation is 1. The fourth-order valence-electron chi connectivity index (χ4n) is 3.45. The number of nitrogens with one attached hydrogen (secondary N) is 1. The van der Waals surface area contributed by atoms with Gasteiger partial charge in [0, 0.05) is 30.6 Å². The molecular weight excluding hydrogens is 498 g/mol. The number of unbranched alkanes of at least 4 members (excludes halogenated alkanes) is 1. The lowest BCUT2D eigenvalue weighted by molar-refractivity contribution is 0.197. The van der Waals surface area contributed by atoms with E-state index in [1.165, 1.54) is 18.2 Å². The number of imidazole rings is 1. The van der Waals surface area contributed by atoms with Crippen molar-refractivity contribution < 1.29 is 23.0 Å². The summed E-state index contributed by atoms with van der Waals surface area (Å²) in [7, 11) is 0. The lowest BCUT2D eigenvalue weighted by Crippen LogP contribution is -2.26. The maximum absolute atomic E-state index is 13.9. The minimum atomic E-state index is -0.673. The summed E-state index contributed by atoms with van der Waals surface area (Å²) in [4.78, 5) is 20.4. The van der Waals surface area contributed by atoms with Crippen LogP contribution in [0.25, 0.3) is 21.9 Å². The highest BCUT2D eigenvalue weighted by molar-refractivity contribution is 9.10. The molecule has 172 valence electrons. The Morgan fingerprint density at radius 3 is 2.79 bits per heavy atom. The van der Waals surface area contributed by atoms with Crippen LogP contribution in [0, 0.1) is 11.6 Å². The fourth-order valence-corrected chi connectivity index (χ4v) is 3.79. The average molecular weight is 519 g/mol. The third kappa shape index (κ3) is 5.22. The Morgan fingerprint density at radius 2 is 1.97 bits per heavy atom. The molecule has 2 aromatic heterocycles. The molecule has 0 aliphatic carbocycles. The molecular formula is C23H21BrF2N4O3. The van der Waals surface area contributed by atoms with Gasteiger partial charge in [0.25, 0.3) is 0 Å². The van der Waals surface area contributed by atoms with Crippen LogP contribution in [0.3, 0.4) is 0 Å². The topological polar surface area (TPSA) is 78.3 Å². The first-order chi connectivity index (χ1) is 16.0. The van der Waals surface area contributed by atoms with Gasteiger partial charge in [-0.15, -0.1) is 0 Å². The van der Waals surface area contributed by atoms with Crippen molar-refractivity contribution in [1.82, 2.24) is 19.9 Å². The second-order valence-corrected chi connectivity index (χ2v) is 8.13. The molecule has 0 aliphatic heterocycles. The maximum atomic E-state index is 13.9. The van der Waals surface area contributed by atoms with Crippen molar-refractivity contribution in [3.8, 4) is 11.5 Å². The third-order valence-electron chi connectivity index (χ3n) is 4.97. The van der Waals surface area contributed by atoms with Crippen molar-refractivity contribution in [3.05, 3.63) is 59.0 Å². The number of nitrogens with zero attached hydrogens (tertiary/aromatic N) is 3. The van der Waals surface area contributed by atoms with Crippen LogP contribution in [0.15, 0.2) is 47.3 Å². The van der Waals surface area contributed by atoms with E-state index in [-0.39, 0.29) is 11.6 Å².